The highest BCUT2D eigenvalue weighted by Gasteiger charge is 2.38. The van der Waals surface area contributed by atoms with Gasteiger partial charge in [0, 0.05) is 12.0 Å². The molecule has 2 atom stereocenters. The minimum absolute atomic E-state index is 0.251. The van der Waals surface area contributed by atoms with Gasteiger partial charge in [-0.3, -0.25) is 5.10 Å². The van der Waals surface area contributed by atoms with E-state index in [1.165, 1.54) is 5.56 Å². The zero-order valence-electron chi connectivity index (χ0n) is 10.7. The molecule has 4 rings (SSSR count). The number of nitrogens with one attached hydrogen (secondary N) is 2. The number of rotatable bonds is 3. The van der Waals surface area contributed by atoms with Crippen LogP contribution in [0.25, 0.3) is 11.0 Å². The fourth-order valence-corrected chi connectivity index (χ4v) is 2.56. The average molecular weight is 266 g/mol. The highest BCUT2D eigenvalue weighted by Crippen LogP contribution is 2.43. The van der Waals surface area contributed by atoms with Crippen molar-refractivity contribution in [3.63, 3.8) is 0 Å². The van der Waals surface area contributed by atoms with Gasteiger partial charge in [0.25, 0.3) is 0 Å². The van der Waals surface area contributed by atoms with Crippen molar-refractivity contribution >= 4 is 22.8 Å². The molecule has 1 saturated carbocycles. The average Bonchev–Trinajstić information content (AvgIpc) is 3.06. The second-order valence-electron chi connectivity index (χ2n) is 5.07. The Labute approximate surface area is 115 Å². The normalized spacial score (nSPS) is 21.0. The number of anilines is 2. The Morgan fingerprint density at radius 3 is 2.90 bits per heavy atom. The Balaban J connectivity index is 1.59. The number of aromatic amines is 1. The molecule has 0 saturated heterocycles. The molecular formula is C14H14N6. The molecule has 4 N–H and O–H groups in total. The number of nitrogens with two attached hydrogens (primary N) is 1. The van der Waals surface area contributed by atoms with Gasteiger partial charge in [-0.15, -0.1) is 0 Å². The summed E-state index contributed by atoms with van der Waals surface area (Å²) in [5.74, 6) is 1.54. The first-order valence-corrected chi connectivity index (χ1v) is 6.59. The summed E-state index contributed by atoms with van der Waals surface area (Å²) in [7, 11) is 0. The molecule has 1 aromatic carbocycles. The Morgan fingerprint density at radius 2 is 2.05 bits per heavy atom. The van der Waals surface area contributed by atoms with Crippen LogP contribution in [0.4, 0.5) is 11.8 Å². The van der Waals surface area contributed by atoms with Crippen molar-refractivity contribution in [3.8, 4) is 0 Å². The molecule has 2 unspecified atom stereocenters. The van der Waals surface area contributed by atoms with E-state index in [1.54, 1.807) is 6.20 Å². The lowest BCUT2D eigenvalue weighted by Crippen LogP contribution is -2.08. The predicted molar refractivity (Wildman–Crippen MR) is 77.3 cm³/mol. The van der Waals surface area contributed by atoms with Crippen LogP contribution in [0.2, 0.25) is 0 Å². The van der Waals surface area contributed by atoms with Crippen LogP contribution in [0.5, 0.6) is 0 Å². The summed E-state index contributed by atoms with van der Waals surface area (Å²) in [5, 5.41) is 11.1. The number of H-pyrrole nitrogens is 1. The molecule has 1 aliphatic rings. The largest absolute Gasteiger partial charge is 0.368 e. The third-order valence-electron chi connectivity index (χ3n) is 3.67. The van der Waals surface area contributed by atoms with E-state index in [9.17, 15) is 0 Å². The number of hydrogen-bond acceptors (Lipinski definition) is 5. The summed E-state index contributed by atoms with van der Waals surface area (Å²) >= 11 is 0. The molecule has 20 heavy (non-hydrogen) atoms. The van der Waals surface area contributed by atoms with Crippen LogP contribution in [-0.4, -0.2) is 26.2 Å². The standard InChI is InChI=1S/C14H14N6/c15-14-18-12(10-7-16-20-13(10)19-14)17-11-6-9(11)8-4-2-1-3-5-8/h1-5,7,9,11H,6H2,(H4,15,16,17,18,19,20). The molecule has 6 nitrogen and oxygen atoms in total. The zero-order valence-corrected chi connectivity index (χ0v) is 10.7. The van der Waals surface area contributed by atoms with Crippen molar-refractivity contribution in [2.75, 3.05) is 11.1 Å². The lowest BCUT2D eigenvalue weighted by molar-refractivity contribution is 1.03. The molecule has 0 amide bonds. The van der Waals surface area contributed by atoms with Crippen molar-refractivity contribution < 1.29 is 0 Å². The number of benzene rings is 1. The van der Waals surface area contributed by atoms with Gasteiger partial charge >= 0.3 is 0 Å². The predicted octanol–water partition coefficient (Wildman–Crippen LogP) is 1.90. The van der Waals surface area contributed by atoms with Gasteiger partial charge in [-0.25, -0.2) is 0 Å². The van der Waals surface area contributed by atoms with Gasteiger partial charge in [0.05, 0.1) is 11.6 Å². The molecule has 0 aliphatic heterocycles. The van der Waals surface area contributed by atoms with Crippen molar-refractivity contribution in [1.29, 1.82) is 0 Å². The number of nitrogen functional groups attached to an aromatic ring is 1. The van der Waals surface area contributed by atoms with E-state index >= 15 is 0 Å². The van der Waals surface area contributed by atoms with E-state index in [4.69, 9.17) is 5.73 Å². The van der Waals surface area contributed by atoms with Crippen LogP contribution in [0.3, 0.4) is 0 Å². The summed E-state index contributed by atoms with van der Waals surface area (Å²) < 4.78 is 0. The first-order chi connectivity index (χ1) is 9.81. The number of fused-ring (bicyclic) bond motifs is 1. The van der Waals surface area contributed by atoms with Crippen LogP contribution in [0.15, 0.2) is 36.5 Å². The lowest BCUT2D eigenvalue weighted by atomic mass is 10.1. The highest BCUT2D eigenvalue weighted by atomic mass is 15.2. The first kappa shape index (κ1) is 11.2. The minimum atomic E-state index is 0.251. The quantitative estimate of drug-likeness (QED) is 0.673. The molecule has 0 spiro atoms. The maximum Gasteiger partial charge on any atom is 0.224 e. The molecule has 2 heterocycles. The van der Waals surface area contributed by atoms with Crippen LogP contribution in [0.1, 0.15) is 17.9 Å². The fraction of sp³-hybridized carbons (Fsp3) is 0.214. The van der Waals surface area contributed by atoms with E-state index < -0.39 is 0 Å². The molecule has 0 radical (unpaired) electrons. The monoisotopic (exact) mass is 266 g/mol. The van der Waals surface area contributed by atoms with Gasteiger partial charge in [0.2, 0.25) is 5.95 Å². The maximum atomic E-state index is 5.72. The van der Waals surface area contributed by atoms with Crippen LogP contribution < -0.4 is 11.1 Å². The molecule has 100 valence electrons. The third-order valence-corrected chi connectivity index (χ3v) is 3.67. The van der Waals surface area contributed by atoms with E-state index in [-0.39, 0.29) is 5.95 Å². The van der Waals surface area contributed by atoms with Gasteiger partial charge in [-0.05, 0) is 12.0 Å². The Morgan fingerprint density at radius 1 is 1.20 bits per heavy atom. The van der Waals surface area contributed by atoms with Crippen molar-refractivity contribution in [2.45, 2.75) is 18.4 Å². The Bertz CT molecular complexity index is 751. The van der Waals surface area contributed by atoms with Crippen LogP contribution in [-0.2, 0) is 0 Å². The molecule has 1 fully saturated rings. The minimum Gasteiger partial charge on any atom is -0.368 e. The summed E-state index contributed by atoms with van der Waals surface area (Å²) in [5.41, 5.74) is 7.74. The number of aromatic nitrogens is 4. The van der Waals surface area contributed by atoms with E-state index in [2.05, 4.69) is 49.7 Å². The fourth-order valence-electron chi connectivity index (χ4n) is 2.56. The summed E-state index contributed by atoms with van der Waals surface area (Å²) in [4.78, 5) is 8.39. The smallest absolute Gasteiger partial charge is 0.224 e. The second-order valence-corrected chi connectivity index (χ2v) is 5.07. The number of nitrogens with zero attached hydrogens (tertiary/aromatic N) is 3. The molecule has 0 bridgehead atoms. The topological polar surface area (TPSA) is 92.5 Å². The summed E-state index contributed by atoms with van der Waals surface area (Å²) in [6, 6.07) is 10.9. The molecular weight excluding hydrogens is 252 g/mol. The first-order valence-electron chi connectivity index (χ1n) is 6.59. The Kier molecular flexibility index (Phi) is 2.35. The van der Waals surface area contributed by atoms with Gasteiger partial charge in [0.1, 0.15) is 5.82 Å². The van der Waals surface area contributed by atoms with Crippen molar-refractivity contribution in [2.24, 2.45) is 0 Å². The highest BCUT2D eigenvalue weighted by molar-refractivity contribution is 5.87. The van der Waals surface area contributed by atoms with E-state index in [0.29, 0.717) is 17.6 Å². The Hall–Kier alpha value is -2.63. The molecule has 3 aromatic rings. The van der Waals surface area contributed by atoms with Gasteiger partial charge in [-0.1, -0.05) is 30.3 Å². The van der Waals surface area contributed by atoms with Gasteiger partial charge in [0.15, 0.2) is 5.65 Å². The zero-order chi connectivity index (χ0) is 13.5. The SMILES string of the molecule is Nc1nc(NC2CC2c2ccccc2)c2cn[nH]c2n1. The summed E-state index contributed by atoms with van der Waals surface area (Å²) in [6.07, 6.45) is 2.82. The van der Waals surface area contributed by atoms with Gasteiger partial charge < -0.3 is 11.1 Å². The van der Waals surface area contributed by atoms with Crippen molar-refractivity contribution in [3.05, 3.63) is 42.1 Å². The van der Waals surface area contributed by atoms with Crippen LogP contribution >= 0.6 is 0 Å². The van der Waals surface area contributed by atoms with E-state index in [0.717, 1.165) is 17.6 Å². The van der Waals surface area contributed by atoms with Crippen molar-refractivity contribution in [1.82, 2.24) is 20.2 Å². The van der Waals surface area contributed by atoms with Crippen LogP contribution in [0, 0.1) is 0 Å². The summed E-state index contributed by atoms with van der Waals surface area (Å²) in [6.45, 7) is 0. The number of hydrogen-bond donors (Lipinski definition) is 3. The second kappa shape index (κ2) is 4.19. The molecule has 6 heteroatoms. The van der Waals surface area contributed by atoms with Gasteiger partial charge in [-0.2, -0.15) is 15.1 Å². The van der Waals surface area contributed by atoms with E-state index in [1.807, 2.05) is 6.07 Å². The molecule has 2 aromatic heterocycles. The third kappa shape index (κ3) is 1.85. The molecule has 1 aliphatic carbocycles. The lowest BCUT2D eigenvalue weighted by Gasteiger charge is -2.06. The maximum absolute atomic E-state index is 5.72.